The lowest BCUT2D eigenvalue weighted by atomic mass is 10.0. The Balaban J connectivity index is 3.02. The van der Waals surface area contributed by atoms with Crippen LogP contribution in [0.5, 0.6) is 0 Å². The molecule has 0 fully saturated rings. The summed E-state index contributed by atoms with van der Waals surface area (Å²) in [6.07, 6.45) is 1.81. The number of carboxylic acid groups (broad SMARTS) is 1. The number of hydrogen-bond donors (Lipinski definition) is 1. The Morgan fingerprint density at radius 1 is 1.54 bits per heavy atom. The summed E-state index contributed by atoms with van der Waals surface area (Å²) in [4.78, 5) is 11.0. The minimum Gasteiger partial charge on any atom is -0.480 e. The van der Waals surface area contributed by atoms with Crippen LogP contribution in [-0.4, -0.2) is 15.6 Å². The standard InChI is InChI=1S/C10H15NO2/c1-7(2)9(10(12)13)11-6-4-5-8(11)3/h4-7,9H,1-3H3,(H,12,13). The summed E-state index contributed by atoms with van der Waals surface area (Å²) in [5.41, 5.74) is 0.987. The van der Waals surface area contributed by atoms with Gasteiger partial charge in [-0.3, -0.25) is 0 Å². The Morgan fingerprint density at radius 3 is 2.46 bits per heavy atom. The summed E-state index contributed by atoms with van der Waals surface area (Å²) in [6, 6.07) is 3.33. The fourth-order valence-corrected chi connectivity index (χ4v) is 1.52. The lowest BCUT2D eigenvalue weighted by molar-refractivity contribution is -0.142. The van der Waals surface area contributed by atoms with Crippen molar-refractivity contribution in [2.45, 2.75) is 26.8 Å². The zero-order valence-corrected chi connectivity index (χ0v) is 8.19. The number of aryl methyl sites for hydroxylation is 1. The predicted octanol–water partition coefficient (Wildman–Crippen LogP) is 2.08. The molecule has 1 N–H and O–H groups in total. The Morgan fingerprint density at radius 2 is 2.15 bits per heavy atom. The summed E-state index contributed by atoms with van der Waals surface area (Å²) in [5, 5.41) is 9.02. The van der Waals surface area contributed by atoms with E-state index in [-0.39, 0.29) is 5.92 Å². The van der Waals surface area contributed by atoms with Gasteiger partial charge in [0.2, 0.25) is 0 Å². The Bertz CT molecular complexity index is 302. The second-order valence-corrected chi connectivity index (χ2v) is 3.58. The summed E-state index contributed by atoms with van der Waals surface area (Å²) in [6.45, 7) is 5.74. The van der Waals surface area contributed by atoms with Crippen LogP contribution in [0.15, 0.2) is 18.3 Å². The molecule has 1 unspecified atom stereocenters. The van der Waals surface area contributed by atoms with Crippen LogP contribution in [0.2, 0.25) is 0 Å². The average Bonchev–Trinajstić information content (AvgIpc) is 2.35. The van der Waals surface area contributed by atoms with Crippen LogP contribution in [0.25, 0.3) is 0 Å². The normalized spacial score (nSPS) is 13.2. The molecule has 0 spiro atoms. The van der Waals surface area contributed by atoms with E-state index in [2.05, 4.69) is 0 Å². The van der Waals surface area contributed by atoms with Crippen molar-refractivity contribution in [3.8, 4) is 0 Å². The van der Waals surface area contributed by atoms with Crippen LogP contribution < -0.4 is 0 Å². The number of aromatic nitrogens is 1. The van der Waals surface area contributed by atoms with Gasteiger partial charge < -0.3 is 9.67 Å². The highest BCUT2D eigenvalue weighted by Gasteiger charge is 2.23. The van der Waals surface area contributed by atoms with Crippen LogP contribution >= 0.6 is 0 Å². The molecule has 1 heterocycles. The largest absolute Gasteiger partial charge is 0.480 e. The minimum atomic E-state index is -0.769. The molecule has 0 saturated heterocycles. The Hall–Kier alpha value is -1.25. The predicted molar refractivity (Wildman–Crippen MR) is 50.7 cm³/mol. The second kappa shape index (κ2) is 3.64. The van der Waals surface area contributed by atoms with E-state index >= 15 is 0 Å². The highest BCUT2D eigenvalue weighted by molar-refractivity contribution is 5.72. The molecule has 1 aromatic heterocycles. The van der Waals surface area contributed by atoms with E-state index in [1.165, 1.54) is 0 Å². The Labute approximate surface area is 78.0 Å². The van der Waals surface area contributed by atoms with Gasteiger partial charge in [-0.1, -0.05) is 13.8 Å². The monoisotopic (exact) mass is 181 g/mol. The SMILES string of the molecule is Cc1cccn1C(C(=O)O)C(C)C. The molecule has 0 aliphatic heterocycles. The van der Waals surface area contributed by atoms with E-state index in [0.717, 1.165) is 5.69 Å². The molecule has 0 aliphatic rings. The van der Waals surface area contributed by atoms with Crippen LogP contribution in [-0.2, 0) is 4.79 Å². The van der Waals surface area contributed by atoms with Crippen molar-refractivity contribution < 1.29 is 9.90 Å². The number of hydrogen-bond acceptors (Lipinski definition) is 1. The Kier molecular flexibility index (Phi) is 2.76. The first-order valence-corrected chi connectivity index (χ1v) is 4.40. The van der Waals surface area contributed by atoms with Crippen molar-refractivity contribution in [1.82, 2.24) is 4.57 Å². The van der Waals surface area contributed by atoms with Crippen LogP contribution in [0.4, 0.5) is 0 Å². The van der Waals surface area contributed by atoms with Gasteiger partial charge >= 0.3 is 5.97 Å². The van der Waals surface area contributed by atoms with E-state index in [0.29, 0.717) is 0 Å². The number of nitrogens with zero attached hydrogens (tertiary/aromatic N) is 1. The van der Waals surface area contributed by atoms with Gasteiger partial charge in [0.1, 0.15) is 6.04 Å². The number of carboxylic acids is 1. The van der Waals surface area contributed by atoms with Gasteiger partial charge in [-0.05, 0) is 25.0 Å². The van der Waals surface area contributed by atoms with E-state index in [4.69, 9.17) is 5.11 Å². The zero-order valence-electron chi connectivity index (χ0n) is 8.19. The smallest absolute Gasteiger partial charge is 0.326 e. The topological polar surface area (TPSA) is 42.2 Å². The summed E-state index contributed by atoms with van der Waals surface area (Å²) >= 11 is 0. The zero-order chi connectivity index (χ0) is 10.0. The number of rotatable bonds is 3. The lowest BCUT2D eigenvalue weighted by Crippen LogP contribution is -2.24. The maximum absolute atomic E-state index is 11.0. The molecular formula is C10H15NO2. The fourth-order valence-electron chi connectivity index (χ4n) is 1.52. The highest BCUT2D eigenvalue weighted by atomic mass is 16.4. The van der Waals surface area contributed by atoms with Gasteiger partial charge in [0.05, 0.1) is 0 Å². The third kappa shape index (κ3) is 1.91. The summed E-state index contributed by atoms with van der Waals surface area (Å²) < 4.78 is 1.80. The van der Waals surface area contributed by atoms with E-state index < -0.39 is 12.0 Å². The van der Waals surface area contributed by atoms with E-state index in [1.54, 1.807) is 4.57 Å². The van der Waals surface area contributed by atoms with Crippen molar-refractivity contribution in [2.24, 2.45) is 5.92 Å². The average molecular weight is 181 g/mol. The molecule has 0 bridgehead atoms. The third-order valence-corrected chi connectivity index (χ3v) is 2.18. The molecule has 0 saturated carbocycles. The quantitative estimate of drug-likeness (QED) is 0.775. The first-order chi connectivity index (χ1) is 6.04. The molecule has 1 rings (SSSR count). The van der Waals surface area contributed by atoms with Gasteiger partial charge in [0.15, 0.2) is 0 Å². The maximum atomic E-state index is 11.0. The molecule has 3 heteroatoms. The third-order valence-electron chi connectivity index (χ3n) is 2.18. The fraction of sp³-hybridized carbons (Fsp3) is 0.500. The highest BCUT2D eigenvalue weighted by Crippen LogP contribution is 2.20. The summed E-state index contributed by atoms with van der Waals surface area (Å²) in [5.74, 6) is -0.669. The molecular weight excluding hydrogens is 166 g/mol. The number of aliphatic carboxylic acids is 1. The molecule has 1 atom stereocenters. The van der Waals surface area contributed by atoms with Gasteiger partial charge in [0.25, 0.3) is 0 Å². The molecule has 0 aliphatic carbocycles. The first kappa shape index (κ1) is 9.84. The van der Waals surface area contributed by atoms with Crippen molar-refractivity contribution in [1.29, 1.82) is 0 Å². The van der Waals surface area contributed by atoms with Gasteiger partial charge in [-0.2, -0.15) is 0 Å². The first-order valence-electron chi connectivity index (χ1n) is 4.40. The summed E-state index contributed by atoms with van der Waals surface area (Å²) in [7, 11) is 0. The minimum absolute atomic E-state index is 0.101. The molecule has 72 valence electrons. The van der Waals surface area contributed by atoms with E-state index in [1.807, 2.05) is 39.1 Å². The van der Waals surface area contributed by atoms with Crippen LogP contribution in [0.1, 0.15) is 25.6 Å². The van der Waals surface area contributed by atoms with Crippen molar-refractivity contribution >= 4 is 5.97 Å². The molecule has 0 radical (unpaired) electrons. The second-order valence-electron chi connectivity index (χ2n) is 3.58. The van der Waals surface area contributed by atoms with Crippen molar-refractivity contribution in [2.75, 3.05) is 0 Å². The van der Waals surface area contributed by atoms with Crippen molar-refractivity contribution in [3.63, 3.8) is 0 Å². The van der Waals surface area contributed by atoms with E-state index in [9.17, 15) is 4.79 Å². The molecule has 0 aromatic carbocycles. The van der Waals surface area contributed by atoms with Gasteiger partial charge in [-0.15, -0.1) is 0 Å². The van der Waals surface area contributed by atoms with Gasteiger partial charge in [-0.25, -0.2) is 4.79 Å². The number of carbonyl (C=O) groups is 1. The molecule has 3 nitrogen and oxygen atoms in total. The molecule has 13 heavy (non-hydrogen) atoms. The van der Waals surface area contributed by atoms with Gasteiger partial charge in [0, 0.05) is 11.9 Å². The maximum Gasteiger partial charge on any atom is 0.326 e. The molecule has 0 amide bonds. The lowest BCUT2D eigenvalue weighted by Gasteiger charge is -2.19. The van der Waals surface area contributed by atoms with Crippen LogP contribution in [0.3, 0.4) is 0 Å². The van der Waals surface area contributed by atoms with Crippen LogP contribution in [0, 0.1) is 12.8 Å². The molecule has 1 aromatic rings. The van der Waals surface area contributed by atoms with Crippen molar-refractivity contribution in [3.05, 3.63) is 24.0 Å².